The number of ether oxygens (including phenoxy) is 2. The van der Waals surface area contributed by atoms with Gasteiger partial charge in [0.15, 0.2) is 5.79 Å². The fourth-order valence-corrected chi connectivity index (χ4v) is 3.91. The normalized spacial score (nSPS) is 23.3. The monoisotopic (exact) mass is 327 g/mol. The Bertz CT molecular complexity index is 281. The molecular weight excluding hydrogens is 286 g/mol. The molecule has 1 fully saturated rings. The standard InChI is InChI=1S/C20H41NO2/c1-6-7-8-9-10-11-12-16-20(22-4,23-5)17-21-18(2)14-13-15-19(21)3/h18-19H,6-17H2,1-5H3/t18-,19+. The van der Waals surface area contributed by atoms with E-state index in [0.29, 0.717) is 12.1 Å². The van der Waals surface area contributed by atoms with E-state index >= 15 is 0 Å². The topological polar surface area (TPSA) is 21.7 Å². The fraction of sp³-hybridized carbons (Fsp3) is 1.00. The van der Waals surface area contributed by atoms with Gasteiger partial charge in [-0.15, -0.1) is 0 Å². The first kappa shape index (κ1) is 20.9. The van der Waals surface area contributed by atoms with Gasteiger partial charge < -0.3 is 9.47 Å². The molecule has 0 aromatic carbocycles. The number of nitrogens with zero attached hydrogens (tertiary/aromatic N) is 1. The van der Waals surface area contributed by atoms with Crippen LogP contribution in [-0.2, 0) is 9.47 Å². The second-order valence-electron chi connectivity index (χ2n) is 7.49. The van der Waals surface area contributed by atoms with Crippen LogP contribution in [0.5, 0.6) is 0 Å². The average Bonchev–Trinajstić information content (AvgIpc) is 2.56. The third kappa shape index (κ3) is 7.11. The molecule has 1 aliphatic heterocycles. The first-order valence-corrected chi connectivity index (χ1v) is 9.94. The largest absolute Gasteiger partial charge is 0.352 e. The molecule has 0 aromatic heterocycles. The lowest BCUT2D eigenvalue weighted by atomic mass is 9.95. The van der Waals surface area contributed by atoms with Crippen LogP contribution in [0.15, 0.2) is 0 Å². The summed E-state index contributed by atoms with van der Waals surface area (Å²) in [5.74, 6) is -0.427. The molecule has 1 heterocycles. The van der Waals surface area contributed by atoms with Crippen LogP contribution in [-0.4, -0.2) is 43.5 Å². The summed E-state index contributed by atoms with van der Waals surface area (Å²) in [6.07, 6.45) is 14.3. The van der Waals surface area contributed by atoms with Gasteiger partial charge in [0.1, 0.15) is 0 Å². The summed E-state index contributed by atoms with van der Waals surface area (Å²) < 4.78 is 11.7. The molecule has 0 spiro atoms. The predicted octanol–water partition coefficient (Wildman–Crippen LogP) is 5.38. The number of hydrogen-bond acceptors (Lipinski definition) is 3. The fourth-order valence-electron chi connectivity index (χ4n) is 3.91. The van der Waals surface area contributed by atoms with Gasteiger partial charge in [0.05, 0.1) is 6.54 Å². The summed E-state index contributed by atoms with van der Waals surface area (Å²) in [4.78, 5) is 2.59. The number of piperidine rings is 1. The highest BCUT2D eigenvalue weighted by Gasteiger charge is 2.36. The van der Waals surface area contributed by atoms with E-state index in [1.54, 1.807) is 0 Å². The molecule has 3 nitrogen and oxygen atoms in total. The van der Waals surface area contributed by atoms with E-state index in [0.717, 1.165) is 13.0 Å². The van der Waals surface area contributed by atoms with Gasteiger partial charge in [-0.25, -0.2) is 0 Å². The summed E-state index contributed by atoms with van der Waals surface area (Å²) >= 11 is 0. The molecular formula is C20H41NO2. The summed E-state index contributed by atoms with van der Waals surface area (Å²) in [5.41, 5.74) is 0. The molecule has 138 valence electrons. The van der Waals surface area contributed by atoms with Crippen LogP contribution < -0.4 is 0 Å². The van der Waals surface area contributed by atoms with Gasteiger partial charge in [-0.1, -0.05) is 51.9 Å². The maximum Gasteiger partial charge on any atom is 0.180 e. The lowest BCUT2D eigenvalue weighted by Crippen LogP contribution is -2.53. The van der Waals surface area contributed by atoms with E-state index in [4.69, 9.17) is 9.47 Å². The van der Waals surface area contributed by atoms with Crippen LogP contribution in [0.4, 0.5) is 0 Å². The van der Waals surface area contributed by atoms with Crippen molar-refractivity contribution in [1.82, 2.24) is 4.90 Å². The molecule has 0 aromatic rings. The number of likely N-dealkylation sites (tertiary alicyclic amines) is 1. The van der Waals surface area contributed by atoms with Gasteiger partial charge in [-0.2, -0.15) is 0 Å². The molecule has 0 radical (unpaired) electrons. The molecule has 0 aliphatic carbocycles. The predicted molar refractivity (Wildman–Crippen MR) is 98.8 cm³/mol. The van der Waals surface area contributed by atoms with E-state index in [2.05, 4.69) is 25.7 Å². The molecule has 1 saturated heterocycles. The molecule has 2 atom stereocenters. The molecule has 3 heteroatoms. The van der Waals surface area contributed by atoms with Gasteiger partial charge in [-0.3, -0.25) is 4.90 Å². The summed E-state index contributed by atoms with van der Waals surface area (Å²) in [6.45, 7) is 7.87. The van der Waals surface area contributed by atoms with Crippen molar-refractivity contribution >= 4 is 0 Å². The Morgan fingerprint density at radius 2 is 1.39 bits per heavy atom. The van der Waals surface area contributed by atoms with Crippen LogP contribution in [0.1, 0.15) is 91.4 Å². The zero-order chi connectivity index (χ0) is 17.1. The van der Waals surface area contributed by atoms with Crippen molar-refractivity contribution in [2.24, 2.45) is 0 Å². The van der Waals surface area contributed by atoms with Gasteiger partial charge in [0, 0.05) is 32.7 Å². The van der Waals surface area contributed by atoms with Crippen molar-refractivity contribution in [3.8, 4) is 0 Å². The van der Waals surface area contributed by atoms with Crippen LogP contribution in [0.2, 0.25) is 0 Å². The van der Waals surface area contributed by atoms with Crippen LogP contribution in [0.25, 0.3) is 0 Å². The molecule has 23 heavy (non-hydrogen) atoms. The summed E-state index contributed by atoms with van der Waals surface area (Å²) in [7, 11) is 3.62. The van der Waals surface area contributed by atoms with Gasteiger partial charge >= 0.3 is 0 Å². The minimum absolute atomic E-state index is 0.427. The number of rotatable bonds is 12. The molecule has 0 amide bonds. The van der Waals surface area contributed by atoms with Crippen molar-refractivity contribution in [1.29, 1.82) is 0 Å². The maximum atomic E-state index is 5.87. The van der Waals surface area contributed by atoms with Crippen LogP contribution in [0.3, 0.4) is 0 Å². The Hall–Kier alpha value is -0.120. The second-order valence-corrected chi connectivity index (χ2v) is 7.49. The Morgan fingerprint density at radius 3 is 1.91 bits per heavy atom. The quantitative estimate of drug-likeness (QED) is 0.355. The van der Waals surface area contributed by atoms with Crippen molar-refractivity contribution < 1.29 is 9.47 Å². The highest BCUT2D eigenvalue weighted by atomic mass is 16.7. The third-order valence-electron chi connectivity index (χ3n) is 5.70. The molecule has 1 rings (SSSR count). The Labute approximate surface area is 145 Å². The molecule has 0 saturated carbocycles. The van der Waals surface area contributed by atoms with Crippen molar-refractivity contribution in [2.45, 2.75) is 109 Å². The SMILES string of the molecule is CCCCCCCCCC(CN1[C@H](C)CCC[C@@H]1C)(OC)OC. The zero-order valence-electron chi connectivity index (χ0n) is 16.4. The maximum absolute atomic E-state index is 5.87. The molecule has 0 unspecified atom stereocenters. The van der Waals surface area contributed by atoms with E-state index in [1.165, 1.54) is 64.2 Å². The van der Waals surface area contributed by atoms with Crippen molar-refractivity contribution in [3.05, 3.63) is 0 Å². The smallest absolute Gasteiger partial charge is 0.180 e. The van der Waals surface area contributed by atoms with Crippen molar-refractivity contribution in [3.63, 3.8) is 0 Å². The number of hydrogen-bond donors (Lipinski definition) is 0. The van der Waals surface area contributed by atoms with E-state index < -0.39 is 5.79 Å². The number of methoxy groups -OCH3 is 2. The van der Waals surface area contributed by atoms with E-state index in [1.807, 2.05) is 14.2 Å². The number of unbranched alkanes of at least 4 members (excludes halogenated alkanes) is 6. The van der Waals surface area contributed by atoms with Crippen LogP contribution in [0, 0.1) is 0 Å². The highest BCUT2D eigenvalue weighted by Crippen LogP contribution is 2.29. The minimum Gasteiger partial charge on any atom is -0.352 e. The first-order chi connectivity index (χ1) is 11.1. The van der Waals surface area contributed by atoms with Gasteiger partial charge in [-0.05, 0) is 33.1 Å². The molecule has 0 bridgehead atoms. The second kappa shape index (κ2) is 11.4. The van der Waals surface area contributed by atoms with Crippen LogP contribution >= 0.6 is 0 Å². The summed E-state index contributed by atoms with van der Waals surface area (Å²) in [5, 5.41) is 0. The molecule has 0 N–H and O–H groups in total. The average molecular weight is 328 g/mol. The van der Waals surface area contributed by atoms with Crippen molar-refractivity contribution in [2.75, 3.05) is 20.8 Å². The Morgan fingerprint density at radius 1 is 0.870 bits per heavy atom. The highest BCUT2D eigenvalue weighted by molar-refractivity contribution is 4.85. The summed E-state index contributed by atoms with van der Waals surface area (Å²) in [6, 6.07) is 1.27. The third-order valence-corrected chi connectivity index (χ3v) is 5.70. The van der Waals surface area contributed by atoms with Gasteiger partial charge in [0.25, 0.3) is 0 Å². The lowest BCUT2D eigenvalue weighted by Gasteiger charge is -2.44. The Kier molecular flexibility index (Phi) is 10.4. The Balaban J connectivity index is 2.41. The van der Waals surface area contributed by atoms with E-state index in [9.17, 15) is 0 Å². The minimum atomic E-state index is -0.427. The lowest BCUT2D eigenvalue weighted by molar-refractivity contribution is -0.228. The molecule has 1 aliphatic rings. The first-order valence-electron chi connectivity index (χ1n) is 9.94. The van der Waals surface area contributed by atoms with Gasteiger partial charge in [0.2, 0.25) is 0 Å². The van der Waals surface area contributed by atoms with E-state index in [-0.39, 0.29) is 0 Å². The zero-order valence-corrected chi connectivity index (χ0v) is 16.4.